The monoisotopic (exact) mass is 319 g/mol. The van der Waals surface area contributed by atoms with Crippen molar-refractivity contribution in [3.8, 4) is 5.75 Å². The van der Waals surface area contributed by atoms with Crippen LogP contribution < -0.4 is 4.74 Å². The molecule has 0 amide bonds. The van der Waals surface area contributed by atoms with Gasteiger partial charge in [-0.25, -0.2) is 0 Å². The van der Waals surface area contributed by atoms with Gasteiger partial charge in [0.2, 0.25) is 0 Å². The first-order chi connectivity index (χ1) is 10.8. The second-order valence-electron chi connectivity index (χ2n) is 8.04. The van der Waals surface area contributed by atoms with Gasteiger partial charge < -0.3 is 9.84 Å². The molecule has 0 bridgehead atoms. The van der Waals surface area contributed by atoms with Gasteiger partial charge in [0.15, 0.2) is 0 Å². The third-order valence-electron chi connectivity index (χ3n) is 4.92. The SMILES string of the molecule is C[C@@H]1CCC[C@@H](C)N1C[C@@H](O)COc1ccccc1C(C)(C)C. The molecule has 1 aliphatic rings. The van der Waals surface area contributed by atoms with Crippen molar-refractivity contribution in [3.05, 3.63) is 29.8 Å². The van der Waals surface area contributed by atoms with Crippen LogP contribution in [0.25, 0.3) is 0 Å². The van der Waals surface area contributed by atoms with E-state index in [4.69, 9.17) is 4.74 Å². The number of hydrogen-bond acceptors (Lipinski definition) is 3. The molecule has 1 aliphatic heterocycles. The fraction of sp³-hybridized carbons (Fsp3) is 0.700. The van der Waals surface area contributed by atoms with Crippen LogP contribution in [0, 0.1) is 0 Å². The maximum Gasteiger partial charge on any atom is 0.123 e. The molecule has 1 aromatic rings. The van der Waals surface area contributed by atoms with E-state index in [2.05, 4.69) is 45.6 Å². The molecule has 0 aliphatic carbocycles. The van der Waals surface area contributed by atoms with Gasteiger partial charge in [0, 0.05) is 18.6 Å². The average molecular weight is 319 g/mol. The molecule has 3 nitrogen and oxygen atoms in total. The van der Waals surface area contributed by atoms with Gasteiger partial charge in [0.05, 0.1) is 0 Å². The summed E-state index contributed by atoms with van der Waals surface area (Å²) in [4.78, 5) is 2.42. The third-order valence-corrected chi connectivity index (χ3v) is 4.92. The van der Waals surface area contributed by atoms with E-state index in [1.165, 1.54) is 24.8 Å². The van der Waals surface area contributed by atoms with Crippen LogP contribution in [-0.4, -0.2) is 41.3 Å². The van der Waals surface area contributed by atoms with Crippen molar-refractivity contribution >= 4 is 0 Å². The van der Waals surface area contributed by atoms with Gasteiger partial charge in [-0.05, 0) is 43.7 Å². The molecule has 3 atom stereocenters. The summed E-state index contributed by atoms with van der Waals surface area (Å²) in [5.74, 6) is 0.888. The van der Waals surface area contributed by atoms with Gasteiger partial charge in [0.1, 0.15) is 18.5 Å². The second-order valence-corrected chi connectivity index (χ2v) is 8.04. The fourth-order valence-corrected chi connectivity index (χ4v) is 3.53. The number of aliphatic hydroxyl groups is 1. The summed E-state index contributed by atoms with van der Waals surface area (Å²) in [6.07, 6.45) is 3.30. The van der Waals surface area contributed by atoms with E-state index in [9.17, 15) is 5.11 Å². The summed E-state index contributed by atoms with van der Waals surface area (Å²) in [6.45, 7) is 12.1. The summed E-state index contributed by atoms with van der Waals surface area (Å²) in [5.41, 5.74) is 1.23. The van der Waals surface area contributed by atoms with Crippen molar-refractivity contribution < 1.29 is 9.84 Å². The van der Waals surface area contributed by atoms with Crippen molar-refractivity contribution in [2.24, 2.45) is 0 Å². The predicted octanol–water partition coefficient (Wildman–Crippen LogP) is 3.99. The van der Waals surface area contributed by atoms with E-state index in [0.29, 0.717) is 25.2 Å². The van der Waals surface area contributed by atoms with Gasteiger partial charge >= 0.3 is 0 Å². The summed E-state index contributed by atoms with van der Waals surface area (Å²) in [6, 6.07) is 9.24. The topological polar surface area (TPSA) is 32.7 Å². The lowest BCUT2D eigenvalue weighted by Crippen LogP contribution is -2.48. The lowest BCUT2D eigenvalue weighted by Gasteiger charge is -2.40. The van der Waals surface area contributed by atoms with E-state index < -0.39 is 6.10 Å². The summed E-state index contributed by atoms with van der Waals surface area (Å²) in [7, 11) is 0. The molecule has 3 heteroatoms. The number of piperidine rings is 1. The number of para-hydroxylation sites is 1. The van der Waals surface area contributed by atoms with Crippen molar-refractivity contribution in [1.82, 2.24) is 4.90 Å². The fourth-order valence-electron chi connectivity index (χ4n) is 3.53. The number of hydrogen-bond donors (Lipinski definition) is 1. The molecule has 23 heavy (non-hydrogen) atoms. The molecule has 1 fully saturated rings. The number of ether oxygens (including phenoxy) is 1. The molecule has 1 saturated heterocycles. The molecule has 0 unspecified atom stereocenters. The van der Waals surface area contributed by atoms with Crippen LogP contribution in [0.5, 0.6) is 5.75 Å². The van der Waals surface area contributed by atoms with Crippen LogP contribution in [0.15, 0.2) is 24.3 Å². The first-order valence-electron chi connectivity index (χ1n) is 8.95. The van der Waals surface area contributed by atoms with Gasteiger partial charge in [-0.1, -0.05) is 45.4 Å². The predicted molar refractivity (Wildman–Crippen MR) is 96.1 cm³/mol. The average Bonchev–Trinajstić information content (AvgIpc) is 2.48. The molecule has 1 N–H and O–H groups in total. The maximum atomic E-state index is 10.4. The van der Waals surface area contributed by atoms with E-state index in [1.807, 2.05) is 18.2 Å². The zero-order valence-corrected chi connectivity index (χ0v) is 15.4. The molecule has 1 heterocycles. The second kappa shape index (κ2) is 7.67. The van der Waals surface area contributed by atoms with Gasteiger partial charge in [-0.2, -0.15) is 0 Å². The Morgan fingerprint density at radius 2 is 1.78 bits per heavy atom. The molecule has 0 radical (unpaired) electrons. The first-order valence-corrected chi connectivity index (χ1v) is 8.95. The molecule has 130 valence electrons. The van der Waals surface area contributed by atoms with E-state index in [0.717, 1.165) is 5.75 Å². The molecule has 0 aromatic heterocycles. The van der Waals surface area contributed by atoms with E-state index in [-0.39, 0.29) is 5.41 Å². The van der Waals surface area contributed by atoms with Crippen molar-refractivity contribution in [3.63, 3.8) is 0 Å². The number of likely N-dealkylation sites (tertiary alicyclic amines) is 1. The Balaban J connectivity index is 1.93. The van der Waals surface area contributed by atoms with Crippen molar-refractivity contribution in [2.45, 2.75) is 77.5 Å². The first kappa shape index (κ1) is 18.3. The minimum Gasteiger partial charge on any atom is -0.491 e. The molecular weight excluding hydrogens is 286 g/mol. The van der Waals surface area contributed by atoms with Crippen molar-refractivity contribution in [1.29, 1.82) is 0 Å². The molecule has 2 rings (SSSR count). The summed E-state index contributed by atoms with van der Waals surface area (Å²) >= 11 is 0. The van der Waals surface area contributed by atoms with Crippen LogP contribution in [0.4, 0.5) is 0 Å². The molecule has 0 spiro atoms. The standard InChI is InChI=1S/C20H33NO2/c1-15-9-8-10-16(2)21(15)13-17(22)14-23-19-12-7-6-11-18(19)20(3,4)5/h6-7,11-12,15-17,22H,8-10,13-14H2,1-5H3/t15-,16-,17-/m1/s1. The van der Waals surface area contributed by atoms with Gasteiger partial charge in [-0.3, -0.25) is 4.90 Å². The Morgan fingerprint density at radius 3 is 2.39 bits per heavy atom. The summed E-state index contributed by atoms with van der Waals surface area (Å²) < 4.78 is 5.96. The van der Waals surface area contributed by atoms with E-state index >= 15 is 0 Å². The normalized spacial score (nSPS) is 24.4. The van der Waals surface area contributed by atoms with Crippen LogP contribution >= 0.6 is 0 Å². The highest BCUT2D eigenvalue weighted by Crippen LogP contribution is 2.31. The molecule has 0 saturated carbocycles. The Labute approximate surface area is 141 Å². The third kappa shape index (κ3) is 4.95. The highest BCUT2D eigenvalue weighted by Gasteiger charge is 2.27. The Kier molecular flexibility index (Phi) is 6.10. The summed E-state index contributed by atoms with van der Waals surface area (Å²) in [5, 5.41) is 10.4. The highest BCUT2D eigenvalue weighted by atomic mass is 16.5. The Bertz CT molecular complexity index is 485. The maximum absolute atomic E-state index is 10.4. The Hall–Kier alpha value is -1.06. The van der Waals surface area contributed by atoms with Gasteiger partial charge in [0.25, 0.3) is 0 Å². The lowest BCUT2D eigenvalue weighted by molar-refractivity contribution is 0.0206. The Morgan fingerprint density at radius 1 is 1.17 bits per heavy atom. The quantitative estimate of drug-likeness (QED) is 0.891. The smallest absolute Gasteiger partial charge is 0.123 e. The lowest BCUT2D eigenvalue weighted by atomic mass is 9.86. The van der Waals surface area contributed by atoms with Gasteiger partial charge in [-0.15, -0.1) is 0 Å². The van der Waals surface area contributed by atoms with Crippen LogP contribution in [-0.2, 0) is 5.41 Å². The van der Waals surface area contributed by atoms with E-state index in [1.54, 1.807) is 0 Å². The number of β-amino-alcohol motifs (C(OH)–C–C–N with tert-alkyl or cyclic N) is 1. The van der Waals surface area contributed by atoms with Crippen LogP contribution in [0.3, 0.4) is 0 Å². The number of nitrogens with zero attached hydrogens (tertiary/aromatic N) is 1. The molecular formula is C20H33NO2. The number of benzene rings is 1. The zero-order chi connectivity index (χ0) is 17.0. The minimum absolute atomic E-state index is 0.0391. The zero-order valence-electron chi connectivity index (χ0n) is 15.4. The largest absolute Gasteiger partial charge is 0.491 e. The molecule has 1 aromatic carbocycles. The number of aliphatic hydroxyl groups excluding tert-OH is 1. The van der Waals surface area contributed by atoms with Crippen molar-refractivity contribution in [2.75, 3.05) is 13.2 Å². The van der Waals surface area contributed by atoms with Crippen LogP contribution in [0.1, 0.15) is 59.4 Å². The number of rotatable bonds is 5. The minimum atomic E-state index is -0.453. The highest BCUT2D eigenvalue weighted by molar-refractivity contribution is 5.38. The van der Waals surface area contributed by atoms with Crippen LogP contribution in [0.2, 0.25) is 0 Å².